The van der Waals surface area contributed by atoms with Gasteiger partial charge >= 0.3 is 0 Å². The fourth-order valence-corrected chi connectivity index (χ4v) is 2.36. The van der Waals surface area contributed by atoms with Crippen molar-refractivity contribution in [3.05, 3.63) is 36.4 Å². The Kier molecular flexibility index (Phi) is 12.5. The lowest BCUT2D eigenvalue weighted by Gasteiger charge is -2.22. The number of hydrogen-bond donors (Lipinski definition) is 2. The summed E-state index contributed by atoms with van der Waals surface area (Å²) in [6.07, 6.45) is 3.96. The molecule has 1 amide bonds. The van der Waals surface area contributed by atoms with Crippen molar-refractivity contribution in [2.24, 2.45) is 4.99 Å². The van der Waals surface area contributed by atoms with Crippen molar-refractivity contribution < 1.29 is 9.53 Å². The molecule has 26 heavy (non-hydrogen) atoms. The van der Waals surface area contributed by atoms with Crippen molar-refractivity contribution in [3.8, 4) is 5.75 Å². The van der Waals surface area contributed by atoms with Gasteiger partial charge in [0, 0.05) is 27.1 Å². The monoisotopic (exact) mass is 474 g/mol. The van der Waals surface area contributed by atoms with E-state index < -0.39 is 0 Å². The third-order valence-corrected chi connectivity index (χ3v) is 3.58. The van der Waals surface area contributed by atoms with Gasteiger partial charge in [-0.05, 0) is 37.5 Å². The van der Waals surface area contributed by atoms with Crippen LogP contribution in [0.2, 0.25) is 0 Å². The third kappa shape index (κ3) is 8.55. The van der Waals surface area contributed by atoms with Crippen LogP contribution in [0, 0.1) is 0 Å². The third-order valence-electron chi connectivity index (χ3n) is 3.58. The molecule has 0 spiro atoms. The topological polar surface area (TPSA) is 66.0 Å². The van der Waals surface area contributed by atoms with E-state index in [4.69, 9.17) is 9.73 Å². The number of benzene rings is 1. The Balaban J connectivity index is 0.00000625. The highest BCUT2D eigenvalue weighted by Crippen LogP contribution is 2.25. The first-order valence-electron chi connectivity index (χ1n) is 8.56. The predicted octanol–water partition coefficient (Wildman–Crippen LogP) is 3.64. The maximum absolute atomic E-state index is 11.3. The molecule has 1 aromatic rings. The Labute approximate surface area is 174 Å². The minimum Gasteiger partial charge on any atom is -0.495 e. The van der Waals surface area contributed by atoms with Crippen molar-refractivity contribution in [2.45, 2.75) is 33.2 Å². The first kappa shape index (κ1) is 24.2. The highest BCUT2D eigenvalue weighted by Gasteiger charge is 2.08. The SMILES string of the molecule is C=CCCCN(C)C(=NCc1ccc(OC)c(NC(C)=O)c1)NCC.I. The minimum atomic E-state index is -0.130. The molecule has 0 heterocycles. The number of carbonyl (C=O) groups excluding carboxylic acids is 1. The molecule has 1 aromatic carbocycles. The number of ether oxygens (including phenoxy) is 1. The molecule has 0 unspecified atom stereocenters. The largest absolute Gasteiger partial charge is 0.495 e. The van der Waals surface area contributed by atoms with Crippen LogP contribution in [0.5, 0.6) is 5.75 Å². The zero-order chi connectivity index (χ0) is 18.7. The van der Waals surface area contributed by atoms with E-state index in [9.17, 15) is 4.79 Å². The van der Waals surface area contributed by atoms with Gasteiger partial charge in [0.25, 0.3) is 0 Å². The molecule has 7 heteroatoms. The van der Waals surface area contributed by atoms with Gasteiger partial charge in [0.15, 0.2) is 5.96 Å². The van der Waals surface area contributed by atoms with E-state index in [-0.39, 0.29) is 29.9 Å². The van der Waals surface area contributed by atoms with Gasteiger partial charge in [0.05, 0.1) is 19.3 Å². The van der Waals surface area contributed by atoms with E-state index in [1.54, 1.807) is 7.11 Å². The average molecular weight is 474 g/mol. The summed E-state index contributed by atoms with van der Waals surface area (Å²) in [5.74, 6) is 1.37. The maximum atomic E-state index is 11.3. The summed E-state index contributed by atoms with van der Waals surface area (Å²) in [7, 11) is 3.61. The number of guanidine groups is 1. The number of nitrogens with zero attached hydrogens (tertiary/aromatic N) is 2. The predicted molar refractivity (Wildman–Crippen MR) is 120 cm³/mol. The van der Waals surface area contributed by atoms with Gasteiger partial charge in [0.2, 0.25) is 5.91 Å². The number of hydrogen-bond acceptors (Lipinski definition) is 3. The number of halogens is 1. The summed E-state index contributed by atoms with van der Waals surface area (Å²) in [6.45, 7) is 9.52. The Hall–Kier alpha value is -1.77. The zero-order valence-electron chi connectivity index (χ0n) is 16.2. The Morgan fingerprint density at radius 3 is 2.73 bits per heavy atom. The molecule has 0 atom stereocenters. The van der Waals surface area contributed by atoms with E-state index in [2.05, 4.69) is 29.0 Å². The van der Waals surface area contributed by atoms with Crippen LogP contribution in [0.4, 0.5) is 5.69 Å². The Bertz CT molecular complexity index is 605. The standard InChI is InChI=1S/C19H30N4O2.HI/c1-6-8-9-12-23(4)19(20-7-2)21-14-16-10-11-18(25-5)17(13-16)22-15(3)24;/h6,10-11,13H,1,7-9,12,14H2,2-5H3,(H,20,21)(H,22,24);1H. The minimum absolute atomic E-state index is 0. The van der Waals surface area contributed by atoms with Crippen LogP contribution in [0.3, 0.4) is 0 Å². The lowest BCUT2D eigenvalue weighted by Crippen LogP contribution is -2.39. The Morgan fingerprint density at radius 2 is 2.15 bits per heavy atom. The number of aliphatic imine (C=N–C) groups is 1. The molecular weight excluding hydrogens is 443 g/mol. The summed E-state index contributed by atoms with van der Waals surface area (Å²) < 4.78 is 5.28. The molecule has 0 bridgehead atoms. The van der Waals surface area contributed by atoms with Gasteiger partial charge in [-0.2, -0.15) is 0 Å². The number of nitrogens with one attached hydrogen (secondary N) is 2. The molecule has 146 valence electrons. The van der Waals surface area contributed by atoms with Gasteiger partial charge in [-0.1, -0.05) is 12.1 Å². The van der Waals surface area contributed by atoms with Crippen LogP contribution in [0.1, 0.15) is 32.3 Å². The van der Waals surface area contributed by atoms with Crippen LogP contribution >= 0.6 is 24.0 Å². The molecule has 2 N–H and O–H groups in total. The number of carbonyl (C=O) groups is 1. The molecule has 0 radical (unpaired) electrons. The van der Waals surface area contributed by atoms with Crippen LogP contribution in [0.25, 0.3) is 0 Å². The molecule has 0 aromatic heterocycles. The quantitative estimate of drug-likeness (QED) is 0.189. The summed E-state index contributed by atoms with van der Waals surface area (Å²) in [4.78, 5) is 18.1. The number of allylic oxidation sites excluding steroid dienone is 1. The summed E-state index contributed by atoms with van der Waals surface area (Å²) in [5, 5.41) is 6.09. The highest BCUT2D eigenvalue weighted by molar-refractivity contribution is 14.0. The summed E-state index contributed by atoms with van der Waals surface area (Å²) >= 11 is 0. The summed E-state index contributed by atoms with van der Waals surface area (Å²) in [5.41, 5.74) is 1.66. The molecule has 0 aliphatic heterocycles. The van der Waals surface area contributed by atoms with Gasteiger partial charge in [0.1, 0.15) is 5.75 Å². The van der Waals surface area contributed by atoms with Crippen LogP contribution in [-0.4, -0.2) is 44.0 Å². The fraction of sp³-hybridized carbons (Fsp3) is 0.474. The van der Waals surface area contributed by atoms with Crippen molar-refractivity contribution >= 4 is 41.5 Å². The molecule has 0 saturated carbocycles. The van der Waals surface area contributed by atoms with Gasteiger partial charge in [-0.25, -0.2) is 4.99 Å². The second-order valence-corrected chi connectivity index (χ2v) is 5.74. The van der Waals surface area contributed by atoms with E-state index in [0.29, 0.717) is 18.0 Å². The average Bonchev–Trinajstić information content (AvgIpc) is 2.58. The van der Waals surface area contributed by atoms with E-state index >= 15 is 0 Å². The van der Waals surface area contributed by atoms with Crippen molar-refractivity contribution in [1.29, 1.82) is 0 Å². The molecule has 0 fully saturated rings. The first-order valence-corrected chi connectivity index (χ1v) is 8.56. The van der Waals surface area contributed by atoms with E-state index in [0.717, 1.165) is 37.5 Å². The van der Waals surface area contributed by atoms with Crippen molar-refractivity contribution in [3.63, 3.8) is 0 Å². The normalized spacial score (nSPS) is 10.5. The van der Waals surface area contributed by atoms with Crippen LogP contribution < -0.4 is 15.4 Å². The second kappa shape index (κ2) is 13.4. The highest BCUT2D eigenvalue weighted by atomic mass is 127. The second-order valence-electron chi connectivity index (χ2n) is 5.74. The van der Waals surface area contributed by atoms with Crippen LogP contribution in [-0.2, 0) is 11.3 Å². The fourth-order valence-electron chi connectivity index (χ4n) is 2.36. The number of amides is 1. The lowest BCUT2D eigenvalue weighted by atomic mass is 10.2. The number of methoxy groups -OCH3 is 1. The van der Waals surface area contributed by atoms with Crippen molar-refractivity contribution in [1.82, 2.24) is 10.2 Å². The van der Waals surface area contributed by atoms with Crippen molar-refractivity contribution in [2.75, 3.05) is 32.6 Å². The van der Waals surface area contributed by atoms with Gasteiger partial charge in [-0.15, -0.1) is 30.6 Å². The molecular formula is C19H31IN4O2. The van der Waals surface area contributed by atoms with E-state index in [1.165, 1.54) is 6.92 Å². The number of unbranched alkanes of at least 4 members (excludes halogenated alkanes) is 1. The molecule has 0 aliphatic rings. The summed E-state index contributed by atoms with van der Waals surface area (Å²) in [6, 6.07) is 5.69. The van der Waals surface area contributed by atoms with Crippen LogP contribution in [0.15, 0.2) is 35.8 Å². The first-order chi connectivity index (χ1) is 12.0. The molecule has 1 rings (SSSR count). The zero-order valence-corrected chi connectivity index (χ0v) is 18.5. The smallest absolute Gasteiger partial charge is 0.221 e. The molecule has 6 nitrogen and oxygen atoms in total. The van der Waals surface area contributed by atoms with Gasteiger partial charge in [-0.3, -0.25) is 4.79 Å². The van der Waals surface area contributed by atoms with E-state index in [1.807, 2.05) is 31.3 Å². The molecule has 0 aliphatic carbocycles. The maximum Gasteiger partial charge on any atom is 0.221 e. The van der Waals surface area contributed by atoms with Gasteiger partial charge < -0.3 is 20.3 Å². The Morgan fingerprint density at radius 1 is 1.42 bits per heavy atom. The number of rotatable bonds is 9. The lowest BCUT2D eigenvalue weighted by molar-refractivity contribution is -0.114. The number of anilines is 1. The molecule has 0 saturated heterocycles.